The first-order valence-electron chi connectivity index (χ1n) is 5.80. The first-order valence-corrected chi connectivity index (χ1v) is 6.21. The Hall–Kier alpha value is -1.17. The van der Waals surface area contributed by atoms with E-state index in [4.69, 9.17) is 18.0 Å². The van der Waals surface area contributed by atoms with E-state index < -0.39 is 5.41 Å². The van der Waals surface area contributed by atoms with E-state index in [0.717, 1.165) is 12.8 Å². The van der Waals surface area contributed by atoms with Crippen LogP contribution in [-0.2, 0) is 9.59 Å². The fraction of sp³-hybridized carbons (Fsp3) is 0.727. The molecular weight excluding hydrogens is 238 g/mol. The molecule has 0 unspecified atom stereocenters. The van der Waals surface area contributed by atoms with Crippen LogP contribution in [0.3, 0.4) is 0 Å². The molecule has 0 aromatic heterocycles. The second-order valence-electron chi connectivity index (χ2n) is 4.95. The molecule has 0 aromatic rings. The second kappa shape index (κ2) is 4.25. The molecular formula is C11H17N3O2S. The van der Waals surface area contributed by atoms with Gasteiger partial charge in [-0.05, 0) is 25.7 Å². The number of carbonyl (C=O) groups is 2. The lowest BCUT2D eigenvalue weighted by Gasteiger charge is -2.22. The molecule has 0 atom stereocenters. The van der Waals surface area contributed by atoms with Crippen LogP contribution in [0, 0.1) is 5.41 Å². The highest BCUT2D eigenvalue weighted by Gasteiger charge is 2.54. The van der Waals surface area contributed by atoms with Crippen molar-refractivity contribution in [3.05, 3.63) is 0 Å². The molecule has 0 aromatic carbocycles. The van der Waals surface area contributed by atoms with E-state index in [-0.39, 0.29) is 23.3 Å². The van der Waals surface area contributed by atoms with Gasteiger partial charge < -0.3 is 16.0 Å². The molecule has 2 amide bonds. The Labute approximate surface area is 106 Å². The van der Waals surface area contributed by atoms with Gasteiger partial charge in [-0.2, -0.15) is 0 Å². The second-order valence-corrected chi connectivity index (χ2v) is 5.39. The van der Waals surface area contributed by atoms with Gasteiger partial charge in [-0.25, -0.2) is 0 Å². The van der Waals surface area contributed by atoms with Gasteiger partial charge in [0.2, 0.25) is 11.8 Å². The van der Waals surface area contributed by atoms with Crippen molar-refractivity contribution >= 4 is 29.0 Å². The van der Waals surface area contributed by atoms with Crippen LogP contribution in [0.5, 0.6) is 0 Å². The van der Waals surface area contributed by atoms with Crippen LogP contribution in [0.25, 0.3) is 0 Å². The van der Waals surface area contributed by atoms with Crippen LogP contribution in [0.1, 0.15) is 25.7 Å². The summed E-state index contributed by atoms with van der Waals surface area (Å²) in [4.78, 5) is 25.3. The predicted octanol–water partition coefficient (Wildman–Crippen LogP) is -0.210. The van der Waals surface area contributed by atoms with E-state index in [9.17, 15) is 9.59 Å². The maximum Gasteiger partial charge on any atom is 0.239 e. The molecule has 2 rings (SSSR count). The van der Waals surface area contributed by atoms with Crippen molar-refractivity contribution in [2.45, 2.75) is 31.7 Å². The van der Waals surface area contributed by atoms with Crippen molar-refractivity contribution in [3.8, 4) is 0 Å². The van der Waals surface area contributed by atoms with Gasteiger partial charge in [0.15, 0.2) is 0 Å². The minimum Gasteiger partial charge on any atom is -0.392 e. The van der Waals surface area contributed by atoms with Crippen molar-refractivity contribution in [3.63, 3.8) is 0 Å². The number of carbonyl (C=O) groups excluding carboxylic acids is 2. The van der Waals surface area contributed by atoms with Gasteiger partial charge >= 0.3 is 0 Å². The molecule has 2 aliphatic rings. The molecule has 2 fully saturated rings. The molecule has 0 aliphatic heterocycles. The summed E-state index contributed by atoms with van der Waals surface area (Å²) in [6.07, 6.45) is 3.49. The third kappa shape index (κ3) is 2.57. The number of thiocarbonyl (C=S) groups is 1. The largest absolute Gasteiger partial charge is 0.392 e. The van der Waals surface area contributed by atoms with Gasteiger partial charge in [0.05, 0.1) is 16.9 Å². The molecule has 17 heavy (non-hydrogen) atoms. The van der Waals surface area contributed by atoms with E-state index in [0.29, 0.717) is 18.9 Å². The van der Waals surface area contributed by atoms with E-state index in [2.05, 4.69) is 5.32 Å². The maximum atomic E-state index is 12.1. The molecule has 2 saturated carbocycles. The van der Waals surface area contributed by atoms with Crippen LogP contribution in [0.4, 0.5) is 0 Å². The Kier molecular flexibility index (Phi) is 3.07. The number of nitrogens with zero attached hydrogens (tertiary/aromatic N) is 1. The van der Waals surface area contributed by atoms with Gasteiger partial charge in [0.25, 0.3) is 0 Å². The summed E-state index contributed by atoms with van der Waals surface area (Å²) >= 11 is 4.91. The number of nitrogens with one attached hydrogen (secondary N) is 1. The molecule has 0 spiro atoms. The smallest absolute Gasteiger partial charge is 0.239 e. The SMILES string of the molecule is CN(CC(=O)NC1CC1)C(=O)C1(C(N)=S)CC1. The summed E-state index contributed by atoms with van der Waals surface area (Å²) in [5, 5.41) is 2.84. The number of amides is 2. The monoisotopic (exact) mass is 255 g/mol. The Morgan fingerprint density at radius 3 is 2.47 bits per heavy atom. The molecule has 3 N–H and O–H groups in total. The predicted molar refractivity (Wildman–Crippen MR) is 67.3 cm³/mol. The molecule has 5 nitrogen and oxygen atoms in total. The molecule has 0 heterocycles. The van der Waals surface area contributed by atoms with E-state index in [1.54, 1.807) is 7.05 Å². The van der Waals surface area contributed by atoms with E-state index in [1.165, 1.54) is 4.90 Å². The summed E-state index contributed by atoms with van der Waals surface area (Å²) in [5.74, 6) is -0.238. The standard InChI is InChI=1S/C11H17N3O2S/c1-14(6-8(15)13-7-2-3-7)10(16)11(4-5-11)9(12)17/h7H,2-6H2,1H3,(H2,12,17)(H,13,15). The van der Waals surface area contributed by atoms with Crippen LogP contribution in [0.15, 0.2) is 0 Å². The fourth-order valence-corrected chi connectivity index (χ4v) is 2.14. The van der Waals surface area contributed by atoms with Crippen LogP contribution < -0.4 is 11.1 Å². The van der Waals surface area contributed by atoms with Crippen LogP contribution in [-0.4, -0.2) is 41.3 Å². The summed E-state index contributed by atoms with van der Waals surface area (Å²) in [6.45, 7) is 0.0830. The maximum absolute atomic E-state index is 12.1. The van der Waals surface area contributed by atoms with Crippen molar-refractivity contribution in [1.82, 2.24) is 10.2 Å². The average Bonchev–Trinajstić information content (AvgIpc) is 3.10. The lowest BCUT2D eigenvalue weighted by atomic mass is 10.1. The quantitative estimate of drug-likeness (QED) is 0.667. The first-order chi connectivity index (χ1) is 7.95. The van der Waals surface area contributed by atoms with Crippen LogP contribution in [0.2, 0.25) is 0 Å². The summed E-state index contributed by atoms with van der Waals surface area (Å²) in [6, 6.07) is 0.316. The summed E-state index contributed by atoms with van der Waals surface area (Å²) in [5.41, 5.74) is 4.91. The van der Waals surface area contributed by atoms with Crippen molar-refractivity contribution in [2.24, 2.45) is 11.1 Å². The van der Waals surface area contributed by atoms with Crippen molar-refractivity contribution < 1.29 is 9.59 Å². The minimum atomic E-state index is -0.663. The molecule has 0 bridgehead atoms. The Morgan fingerprint density at radius 1 is 1.47 bits per heavy atom. The Balaban J connectivity index is 1.86. The van der Waals surface area contributed by atoms with Crippen molar-refractivity contribution in [2.75, 3.05) is 13.6 Å². The van der Waals surface area contributed by atoms with E-state index >= 15 is 0 Å². The summed E-state index contributed by atoms with van der Waals surface area (Å²) in [7, 11) is 1.62. The number of hydrogen-bond acceptors (Lipinski definition) is 3. The number of nitrogens with two attached hydrogens (primary N) is 1. The zero-order valence-corrected chi connectivity index (χ0v) is 10.7. The number of hydrogen-bond donors (Lipinski definition) is 2. The van der Waals surface area contributed by atoms with Gasteiger partial charge in [-0.1, -0.05) is 12.2 Å². The van der Waals surface area contributed by atoms with Crippen molar-refractivity contribution in [1.29, 1.82) is 0 Å². The zero-order valence-electron chi connectivity index (χ0n) is 9.86. The normalized spacial score (nSPS) is 20.5. The fourth-order valence-electron chi connectivity index (χ4n) is 1.84. The average molecular weight is 255 g/mol. The first kappa shape index (κ1) is 12.3. The van der Waals surface area contributed by atoms with Gasteiger partial charge in [0, 0.05) is 13.1 Å². The topological polar surface area (TPSA) is 75.4 Å². The highest BCUT2D eigenvalue weighted by molar-refractivity contribution is 7.80. The van der Waals surface area contributed by atoms with Gasteiger partial charge in [0.1, 0.15) is 0 Å². The van der Waals surface area contributed by atoms with Crippen LogP contribution >= 0.6 is 12.2 Å². The minimum absolute atomic E-state index is 0.0830. The molecule has 6 heteroatoms. The zero-order chi connectivity index (χ0) is 12.6. The molecule has 94 valence electrons. The lowest BCUT2D eigenvalue weighted by molar-refractivity contribution is -0.137. The Morgan fingerprint density at radius 2 is 2.06 bits per heavy atom. The summed E-state index contributed by atoms with van der Waals surface area (Å²) < 4.78 is 0. The Bertz CT molecular complexity index is 375. The van der Waals surface area contributed by atoms with Gasteiger partial charge in [-0.3, -0.25) is 9.59 Å². The molecule has 2 aliphatic carbocycles. The third-order valence-electron chi connectivity index (χ3n) is 3.30. The molecule has 0 radical (unpaired) electrons. The van der Waals surface area contributed by atoms with E-state index in [1.807, 2.05) is 0 Å². The lowest BCUT2D eigenvalue weighted by Crippen LogP contribution is -2.45. The highest BCUT2D eigenvalue weighted by Crippen LogP contribution is 2.47. The van der Waals surface area contributed by atoms with Gasteiger partial charge in [-0.15, -0.1) is 0 Å². The number of likely N-dealkylation sites (N-methyl/N-ethyl adjacent to an activating group) is 1. The highest BCUT2D eigenvalue weighted by atomic mass is 32.1. The third-order valence-corrected chi connectivity index (χ3v) is 3.69. The number of rotatable bonds is 5. The molecule has 0 saturated heterocycles.